The highest BCUT2D eigenvalue weighted by Crippen LogP contribution is 2.26. The van der Waals surface area contributed by atoms with Crippen molar-refractivity contribution in [3.8, 4) is 11.8 Å². The Balaban J connectivity index is 0.00000481. The summed E-state index contributed by atoms with van der Waals surface area (Å²) in [5.41, 5.74) is 3.45. The Morgan fingerprint density at radius 3 is 2.19 bits per heavy atom. The smallest absolute Gasteiger partial charge is 0.227 e. The average Bonchev–Trinajstić information content (AvgIpc) is 2.89. The normalized spacial score (nSPS) is 12.0. The SMILES string of the molecule is COCCOCCOCCOCCNC(=O)CCC(=O)N1Cc2ccccc2C#Cc2ccccc21.[HH]. The fourth-order valence-electron chi connectivity index (χ4n) is 3.60. The van der Waals surface area contributed by atoms with E-state index in [2.05, 4.69) is 17.2 Å². The van der Waals surface area contributed by atoms with Crippen LogP contribution in [0.4, 0.5) is 5.69 Å². The van der Waals surface area contributed by atoms with Gasteiger partial charge in [-0.2, -0.15) is 0 Å². The number of methoxy groups -OCH3 is 1. The summed E-state index contributed by atoms with van der Waals surface area (Å²) in [6, 6.07) is 15.4. The number of amides is 2. The lowest BCUT2D eigenvalue weighted by Crippen LogP contribution is -2.34. The van der Waals surface area contributed by atoms with Crippen molar-refractivity contribution in [1.29, 1.82) is 0 Å². The molecule has 0 fully saturated rings. The first kappa shape index (κ1) is 27.4. The first-order chi connectivity index (χ1) is 17.7. The number of nitrogens with one attached hydrogen (secondary N) is 1. The van der Waals surface area contributed by atoms with Crippen LogP contribution in [-0.2, 0) is 35.1 Å². The Hall–Kier alpha value is -3.22. The molecule has 0 aromatic heterocycles. The van der Waals surface area contributed by atoms with Crippen molar-refractivity contribution >= 4 is 17.5 Å². The van der Waals surface area contributed by atoms with Gasteiger partial charge in [0.05, 0.1) is 58.5 Å². The van der Waals surface area contributed by atoms with Crippen LogP contribution in [0.2, 0.25) is 0 Å². The molecule has 1 aliphatic rings. The van der Waals surface area contributed by atoms with Crippen molar-refractivity contribution in [3.05, 3.63) is 65.2 Å². The molecule has 36 heavy (non-hydrogen) atoms. The van der Waals surface area contributed by atoms with E-state index in [0.717, 1.165) is 22.4 Å². The molecule has 0 unspecified atom stereocenters. The standard InChI is InChI=1S/C28H34N2O6.H2/c1-33-16-17-35-20-21-36-19-18-34-15-14-29-27(31)12-13-28(32)30-22-25-8-3-2-6-23(25)10-11-24-7-4-5-9-26(24)30;/h2-9H,12-22H2,1H3,(H,29,31);1H. The summed E-state index contributed by atoms with van der Waals surface area (Å²) in [6.07, 6.45) is 0.216. The maximum atomic E-state index is 13.2. The number of ether oxygens (including phenoxy) is 4. The lowest BCUT2D eigenvalue weighted by Gasteiger charge is -2.26. The second-order valence-corrected chi connectivity index (χ2v) is 8.08. The summed E-state index contributed by atoms with van der Waals surface area (Å²) in [5, 5.41) is 2.80. The van der Waals surface area contributed by atoms with Gasteiger partial charge in [0.2, 0.25) is 11.8 Å². The Kier molecular flexibility index (Phi) is 11.9. The molecule has 0 saturated heterocycles. The molecule has 0 radical (unpaired) electrons. The highest BCUT2D eigenvalue weighted by molar-refractivity contribution is 5.96. The van der Waals surface area contributed by atoms with E-state index in [0.29, 0.717) is 59.3 Å². The van der Waals surface area contributed by atoms with Gasteiger partial charge in [-0.25, -0.2) is 0 Å². The van der Waals surface area contributed by atoms with Crippen LogP contribution in [0.15, 0.2) is 48.5 Å². The van der Waals surface area contributed by atoms with Crippen molar-refractivity contribution in [3.63, 3.8) is 0 Å². The van der Waals surface area contributed by atoms with E-state index >= 15 is 0 Å². The number of para-hydroxylation sites is 1. The molecular formula is C28H36N2O6. The maximum Gasteiger partial charge on any atom is 0.227 e. The van der Waals surface area contributed by atoms with Gasteiger partial charge in [0.25, 0.3) is 0 Å². The molecule has 3 rings (SSSR count). The summed E-state index contributed by atoms with van der Waals surface area (Å²) >= 11 is 0. The molecule has 0 spiro atoms. The van der Waals surface area contributed by atoms with E-state index < -0.39 is 0 Å². The Labute approximate surface area is 214 Å². The Morgan fingerprint density at radius 1 is 0.833 bits per heavy atom. The van der Waals surface area contributed by atoms with E-state index in [1.54, 1.807) is 12.0 Å². The zero-order valence-corrected chi connectivity index (χ0v) is 20.8. The molecule has 2 aromatic rings. The highest BCUT2D eigenvalue weighted by atomic mass is 16.6. The van der Waals surface area contributed by atoms with Gasteiger partial charge < -0.3 is 29.2 Å². The van der Waals surface area contributed by atoms with Crippen LogP contribution in [0.5, 0.6) is 0 Å². The topological polar surface area (TPSA) is 86.3 Å². The van der Waals surface area contributed by atoms with Gasteiger partial charge in [0.1, 0.15) is 0 Å². The van der Waals surface area contributed by atoms with Gasteiger partial charge in [-0.05, 0) is 23.8 Å². The van der Waals surface area contributed by atoms with E-state index in [4.69, 9.17) is 18.9 Å². The average molecular weight is 497 g/mol. The third kappa shape index (κ3) is 9.10. The van der Waals surface area contributed by atoms with E-state index in [1.807, 2.05) is 48.5 Å². The Bertz CT molecular complexity index is 1050. The molecule has 1 N–H and O–H groups in total. The van der Waals surface area contributed by atoms with Crippen LogP contribution in [0.25, 0.3) is 0 Å². The van der Waals surface area contributed by atoms with Gasteiger partial charge in [-0.1, -0.05) is 42.2 Å². The number of carbonyl (C=O) groups is 2. The fraction of sp³-hybridized carbons (Fsp3) is 0.429. The summed E-state index contributed by atoms with van der Waals surface area (Å²) < 4.78 is 21.0. The molecule has 1 heterocycles. The lowest BCUT2D eigenvalue weighted by atomic mass is 10.0. The lowest BCUT2D eigenvalue weighted by molar-refractivity contribution is -0.125. The Morgan fingerprint density at radius 2 is 1.44 bits per heavy atom. The van der Waals surface area contributed by atoms with Crippen molar-refractivity contribution in [2.24, 2.45) is 0 Å². The number of hydrogen-bond donors (Lipinski definition) is 1. The highest BCUT2D eigenvalue weighted by Gasteiger charge is 2.21. The predicted molar refractivity (Wildman–Crippen MR) is 139 cm³/mol. The molecule has 194 valence electrons. The van der Waals surface area contributed by atoms with Crippen molar-refractivity contribution < 1.29 is 30.0 Å². The molecule has 8 nitrogen and oxygen atoms in total. The van der Waals surface area contributed by atoms with Gasteiger partial charge in [0.15, 0.2) is 0 Å². The van der Waals surface area contributed by atoms with Crippen molar-refractivity contribution in [2.75, 3.05) is 64.8 Å². The van der Waals surface area contributed by atoms with Gasteiger partial charge in [-0.15, -0.1) is 0 Å². The van der Waals surface area contributed by atoms with Gasteiger partial charge in [-0.3, -0.25) is 9.59 Å². The minimum absolute atomic E-state index is 0. The monoisotopic (exact) mass is 496 g/mol. The van der Waals surface area contributed by atoms with E-state index in [1.165, 1.54) is 0 Å². The van der Waals surface area contributed by atoms with E-state index in [9.17, 15) is 9.59 Å². The quantitative estimate of drug-likeness (QED) is 0.302. The first-order valence-electron chi connectivity index (χ1n) is 12.2. The van der Waals surface area contributed by atoms with Crippen LogP contribution in [-0.4, -0.2) is 71.7 Å². The molecule has 0 bridgehead atoms. The summed E-state index contributed by atoms with van der Waals surface area (Å²) in [5.74, 6) is 6.09. The molecule has 1 aliphatic heterocycles. The first-order valence-corrected chi connectivity index (χ1v) is 12.2. The minimum atomic E-state index is -0.183. The third-order valence-electron chi connectivity index (χ3n) is 5.48. The molecule has 0 saturated carbocycles. The van der Waals surface area contributed by atoms with Crippen LogP contribution >= 0.6 is 0 Å². The molecule has 2 amide bonds. The number of benzene rings is 2. The number of rotatable bonds is 15. The number of anilines is 1. The number of fused-ring (bicyclic) bond motifs is 2. The van der Waals surface area contributed by atoms with Crippen LogP contribution < -0.4 is 10.2 Å². The zero-order valence-electron chi connectivity index (χ0n) is 20.8. The largest absolute Gasteiger partial charge is 0.382 e. The number of hydrogen-bond acceptors (Lipinski definition) is 6. The molecular weight excluding hydrogens is 460 g/mol. The molecule has 2 aromatic carbocycles. The number of nitrogens with zero attached hydrogens (tertiary/aromatic N) is 1. The summed E-state index contributed by atoms with van der Waals surface area (Å²) in [6.45, 7) is 4.20. The van der Waals surface area contributed by atoms with Crippen LogP contribution in [0.3, 0.4) is 0 Å². The van der Waals surface area contributed by atoms with E-state index in [-0.39, 0.29) is 26.1 Å². The summed E-state index contributed by atoms with van der Waals surface area (Å²) in [7, 11) is 1.63. The van der Waals surface area contributed by atoms with Crippen molar-refractivity contribution in [1.82, 2.24) is 5.32 Å². The summed E-state index contributed by atoms with van der Waals surface area (Å²) in [4.78, 5) is 27.2. The third-order valence-corrected chi connectivity index (χ3v) is 5.48. The van der Waals surface area contributed by atoms with Crippen LogP contribution in [0, 0.1) is 11.8 Å². The van der Waals surface area contributed by atoms with Gasteiger partial charge >= 0.3 is 0 Å². The second kappa shape index (κ2) is 15.7. The minimum Gasteiger partial charge on any atom is -0.382 e. The zero-order chi connectivity index (χ0) is 25.4. The molecule has 0 aliphatic carbocycles. The number of carbonyl (C=O) groups excluding carboxylic acids is 2. The second-order valence-electron chi connectivity index (χ2n) is 8.08. The predicted octanol–water partition coefficient (Wildman–Crippen LogP) is 2.77. The van der Waals surface area contributed by atoms with Crippen molar-refractivity contribution in [2.45, 2.75) is 19.4 Å². The maximum absolute atomic E-state index is 13.2. The van der Waals surface area contributed by atoms with Crippen LogP contribution in [0.1, 0.15) is 31.0 Å². The van der Waals surface area contributed by atoms with Gasteiger partial charge in [0, 0.05) is 39.0 Å². The molecule has 0 atom stereocenters. The molecule has 8 heteroatoms. The fourth-order valence-corrected chi connectivity index (χ4v) is 3.60.